The predicted octanol–water partition coefficient (Wildman–Crippen LogP) is 4.22. The minimum atomic E-state index is 0.558. The van der Waals surface area contributed by atoms with E-state index < -0.39 is 0 Å². The average molecular weight is 352 g/mol. The molecular formula is C20H24N4O2. The Kier molecular flexibility index (Phi) is 6.22. The Balaban J connectivity index is 1.81. The Hall–Kier alpha value is -2.86. The number of aromatic nitrogens is 2. The summed E-state index contributed by atoms with van der Waals surface area (Å²) >= 11 is 0. The number of fused-ring (bicyclic) bond motifs is 1. The van der Waals surface area contributed by atoms with E-state index in [9.17, 15) is 0 Å². The topological polar surface area (TPSA) is 68.3 Å². The Morgan fingerprint density at radius 2 is 1.81 bits per heavy atom. The molecule has 0 aliphatic heterocycles. The van der Waals surface area contributed by atoms with Gasteiger partial charge in [0.25, 0.3) is 0 Å². The van der Waals surface area contributed by atoms with Crippen molar-refractivity contribution in [2.75, 3.05) is 37.5 Å². The maximum atomic E-state index is 5.47. The lowest BCUT2D eigenvalue weighted by atomic mass is 10.2. The summed E-state index contributed by atoms with van der Waals surface area (Å²) in [5.41, 5.74) is 1.80. The third-order valence-electron chi connectivity index (χ3n) is 3.84. The van der Waals surface area contributed by atoms with E-state index >= 15 is 0 Å². The van der Waals surface area contributed by atoms with Crippen LogP contribution in [0.5, 0.6) is 5.75 Å². The lowest BCUT2D eigenvalue weighted by molar-refractivity contribution is 0.198. The fourth-order valence-corrected chi connectivity index (χ4v) is 2.62. The molecule has 1 heterocycles. The third-order valence-corrected chi connectivity index (χ3v) is 3.84. The van der Waals surface area contributed by atoms with Gasteiger partial charge in [0.05, 0.1) is 12.1 Å². The molecule has 0 spiro atoms. The van der Waals surface area contributed by atoms with Crippen LogP contribution in [0.3, 0.4) is 0 Å². The van der Waals surface area contributed by atoms with Gasteiger partial charge >= 0.3 is 0 Å². The van der Waals surface area contributed by atoms with E-state index in [2.05, 4.69) is 20.6 Å². The molecule has 0 aliphatic carbocycles. The van der Waals surface area contributed by atoms with Gasteiger partial charge in [0.15, 0.2) is 0 Å². The molecule has 136 valence electrons. The highest BCUT2D eigenvalue weighted by atomic mass is 16.5. The summed E-state index contributed by atoms with van der Waals surface area (Å²) in [6.45, 7) is 4.12. The first kappa shape index (κ1) is 17.9. The molecule has 6 nitrogen and oxygen atoms in total. The van der Waals surface area contributed by atoms with Crippen LogP contribution in [0.2, 0.25) is 0 Å². The molecule has 0 saturated heterocycles. The summed E-state index contributed by atoms with van der Waals surface area (Å²) in [5.74, 6) is 2.22. The van der Waals surface area contributed by atoms with Crippen LogP contribution < -0.4 is 15.4 Å². The zero-order valence-electron chi connectivity index (χ0n) is 15.2. The fourth-order valence-electron chi connectivity index (χ4n) is 2.62. The number of methoxy groups -OCH3 is 1. The first-order chi connectivity index (χ1) is 12.8. The van der Waals surface area contributed by atoms with Gasteiger partial charge < -0.3 is 20.1 Å². The maximum Gasteiger partial charge on any atom is 0.229 e. The van der Waals surface area contributed by atoms with Gasteiger partial charge in [-0.25, -0.2) is 4.98 Å². The maximum absolute atomic E-state index is 5.47. The molecule has 0 unspecified atom stereocenters. The summed E-state index contributed by atoms with van der Waals surface area (Å²) in [6, 6.07) is 15.7. The molecule has 0 amide bonds. The summed E-state index contributed by atoms with van der Waals surface area (Å²) in [6.07, 6.45) is 0.913. The quantitative estimate of drug-likeness (QED) is 0.562. The number of anilines is 3. The Morgan fingerprint density at radius 1 is 1.00 bits per heavy atom. The lowest BCUT2D eigenvalue weighted by Gasteiger charge is -2.12. The zero-order valence-corrected chi connectivity index (χ0v) is 15.2. The van der Waals surface area contributed by atoms with Crippen molar-refractivity contribution in [1.82, 2.24) is 9.97 Å². The van der Waals surface area contributed by atoms with E-state index in [0.717, 1.165) is 41.1 Å². The Labute approximate surface area is 153 Å². The molecule has 2 N–H and O–H groups in total. The number of para-hydroxylation sites is 1. The van der Waals surface area contributed by atoms with Gasteiger partial charge in [0, 0.05) is 31.3 Å². The van der Waals surface area contributed by atoms with E-state index in [1.54, 1.807) is 7.11 Å². The van der Waals surface area contributed by atoms with Crippen LogP contribution in [0.1, 0.15) is 13.3 Å². The van der Waals surface area contributed by atoms with Gasteiger partial charge in [-0.3, -0.25) is 0 Å². The van der Waals surface area contributed by atoms with Crippen LogP contribution in [0, 0.1) is 0 Å². The molecule has 0 atom stereocenters. The monoisotopic (exact) mass is 352 g/mol. The molecule has 26 heavy (non-hydrogen) atoms. The summed E-state index contributed by atoms with van der Waals surface area (Å²) in [7, 11) is 1.71. The van der Waals surface area contributed by atoms with Crippen molar-refractivity contribution in [2.24, 2.45) is 0 Å². The number of nitrogens with one attached hydrogen (secondary N) is 2. The number of nitrogens with zero attached hydrogens (tertiary/aromatic N) is 2. The predicted molar refractivity (Wildman–Crippen MR) is 105 cm³/mol. The van der Waals surface area contributed by atoms with Crippen LogP contribution in [0.25, 0.3) is 10.9 Å². The first-order valence-corrected chi connectivity index (χ1v) is 8.79. The largest absolute Gasteiger partial charge is 0.494 e. The highest BCUT2D eigenvalue weighted by molar-refractivity contribution is 5.90. The van der Waals surface area contributed by atoms with Crippen LogP contribution >= 0.6 is 0 Å². The van der Waals surface area contributed by atoms with E-state index in [4.69, 9.17) is 9.47 Å². The molecule has 6 heteroatoms. The normalized spacial score (nSPS) is 10.7. The molecule has 1 aromatic heterocycles. The minimum absolute atomic E-state index is 0.558. The molecule has 3 aromatic rings. The van der Waals surface area contributed by atoms with Crippen LogP contribution in [-0.4, -0.2) is 36.8 Å². The second-order valence-corrected chi connectivity index (χ2v) is 5.77. The highest BCUT2D eigenvalue weighted by Gasteiger charge is 2.07. The average Bonchev–Trinajstić information content (AvgIpc) is 2.67. The number of rotatable bonds is 9. The van der Waals surface area contributed by atoms with Crippen molar-refractivity contribution in [3.63, 3.8) is 0 Å². The van der Waals surface area contributed by atoms with Crippen molar-refractivity contribution in [2.45, 2.75) is 13.3 Å². The van der Waals surface area contributed by atoms with Crippen LogP contribution in [0.4, 0.5) is 17.5 Å². The number of ether oxygens (including phenoxy) is 2. The molecular weight excluding hydrogens is 328 g/mol. The smallest absolute Gasteiger partial charge is 0.229 e. The summed E-state index contributed by atoms with van der Waals surface area (Å²) in [5, 5.41) is 7.65. The molecule has 0 radical (unpaired) electrons. The van der Waals surface area contributed by atoms with E-state index in [1.165, 1.54) is 0 Å². The molecule has 0 fully saturated rings. The fraction of sp³-hybridized carbons (Fsp3) is 0.300. The molecule has 0 aliphatic rings. The van der Waals surface area contributed by atoms with E-state index in [0.29, 0.717) is 19.2 Å². The third kappa shape index (κ3) is 4.61. The molecule has 3 rings (SSSR count). The second-order valence-electron chi connectivity index (χ2n) is 5.77. The summed E-state index contributed by atoms with van der Waals surface area (Å²) in [4.78, 5) is 9.26. The SMILES string of the molecule is CCOc1ccc(Nc2nc(NCCCOC)c3ccccc3n2)cc1. The minimum Gasteiger partial charge on any atom is -0.494 e. The highest BCUT2D eigenvalue weighted by Crippen LogP contribution is 2.24. The van der Waals surface area contributed by atoms with Gasteiger partial charge in [-0.1, -0.05) is 12.1 Å². The van der Waals surface area contributed by atoms with E-state index in [-0.39, 0.29) is 0 Å². The summed E-state index contributed by atoms with van der Waals surface area (Å²) < 4.78 is 10.6. The molecule has 0 bridgehead atoms. The van der Waals surface area contributed by atoms with Crippen molar-refractivity contribution in [1.29, 1.82) is 0 Å². The molecule has 2 aromatic carbocycles. The second kappa shape index (κ2) is 9.01. The van der Waals surface area contributed by atoms with Crippen molar-refractivity contribution >= 4 is 28.4 Å². The van der Waals surface area contributed by atoms with Gasteiger partial charge in [0.2, 0.25) is 5.95 Å². The number of hydrogen-bond donors (Lipinski definition) is 2. The lowest BCUT2D eigenvalue weighted by Crippen LogP contribution is -2.08. The zero-order chi connectivity index (χ0) is 18.2. The first-order valence-electron chi connectivity index (χ1n) is 8.79. The Morgan fingerprint density at radius 3 is 2.58 bits per heavy atom. The van der Waals surface area contributed by atoms with Crippen LogP contribution in [-0.2, 0) is 4.74 Å². The van der Waals surface area contributed by atoms with Gasteiger partial charge in [-0.05, 0) is 49.7 Å². The number of benzene rings is 2. The standard InChI is InChI=1S/C20H24N4O2/c1-3-26-16-11-9-15(10-12-16)22-20-23-18-8-5-4-7-17(18)19(24-20)21-13-6-14-25-2/h4-5,7-12H,3,6,13-14H2,1-2H3,(H2,21,22,23,24). The molecule has 0 saturated carbocycles. The van der Waals surface area contributed by atoms with Gasteiger partial charge in [-0.2, -0.15) is 4.98 Å². The van der Waals surface area contributed by atoms with E-state index in [1.807, 2.05) is 55.5 Å². The Bertz CT molecular complexity index is 837. The van der Waals surface area contributed by atoms with Crippen molar-refractivity contribution < 1.29 is 9.47 Å². The number of hydrogen-bond acceptors (Lipinski definition) is 6. The van der Waals surface area contributed by atoms with Gasteiger partial charge in [-0.15, -0.1) is 0 Å². The van der Waals surface area contributed by atoms with Gasteiger partial charge in [0.1, 0.15) is 11.6 Å². The van der Waals surface area contributed by atoms with Crippen molar-refractivity contribution in [3.8, 4) is 5.75 Å². The van der Waals surface area contributed by atoms with Crippen LogP contribution in [0.15, 0.2) is 48.5 Å². The van der Waals surface area contributed by atoms with Crippen molar-refractivity contribution in [3.05, 3.63) is 48.5 Å².